The molecule has 0 N–H and O–H groups in total. The SMILES string of the molecule is CC(N(CCP(c1ccccc1)c1ccccc1)CCP(c1ccccc1)c1ccccc1)N(CCP(c1ccccc1)c1ccccc1)CCP(c1ccccc1)c1ccccc1. The Hall–Kier alpha value is -4.60. The minimum absolute atomic E-state index is 0.235. The molecule has 0 aliphatic heterocycles. The van der Waals surface area contributed by atoms with Crippen LogP contribution in [0.25, 0.3) is 0 Å². The average Bonchev–Trinajstić information content (AvgIpc) is 3.38. The predicted molar refractivity (Wildman–Crippen MR) is 288 cm³/mol. The van der Waals surface area contributed by atoms with Crippen LogP contribution in [0.5, 0.6) is 0 Å². The molecule has 2 nitrogen and oxygen atoms in total. The standard InChI is InChI=1S/C58H60N2P4/c1-50(59(42-46-61(51-26-10-2-11-27-51)52-28-12-3-13-29-52)43-47-62(53-30-14-4-15-31-53)54-32-16-5-17-33-54)60(44-48-63(55-34-18-6-19-35-55)56-36-20-7-21-37-56)45-49-64(57-38-22-8-23-39-57)58-40-24-9-25-41-58/h2-41,50H,42-49H2,1H3. The van der Waals surface area contributed by atoms with Crippen LogP contribution >= 0.6 is 31.7 Å². The van der Waals surface area contributed by atoms with Gasteiger partial charge in [-0.1, -0.05) is 243 Å². The van der Waals surface area contributed by atoms with E-state index in [0.717, 1.165) is 50.8 Å². The van der Waals surface area contributed by atoms with Crippen LogP contribution in [0.2, 0.25) is 0 Å². The molecule has 0 radical (unpaired) electrons. The fourth-order valence-corrected chi connectivity index (χ4v) is 18.0. The molecule has 6 heteroatoms. The summed E-state index contributed by atoms with van der Waals surface area (Å²) in [6.45, 7) is 6.63. The molecule has 322 valence electrons. The van der Waals surface area contributed by atoms with Crippen LogP contribution in [0.15, 0.2) is 243 Å². The largest absolute Gasteiger partial charge is 0.287 e. The molecule has 0 amide bonds. The Balaban J connectivity index is 1.15. The number of benzene rings is 8. The number of hydrogen-bond donors (Lipinski definition) is 0. The molecule has 0 atom stereocenters. The summed E-state index contributed by atoms with van der Waals surface area (Å²) in [6, 6.07) is 90.5. The van der Waals surface area contributed by atoms with Crippen LogP contribution in [0.4, 0.5) is 0 Å². The normalized spacial score (nSPS) is 11.8. The lowest BCUT2D eigenvalue weighted by Crippen LogP contribution is -2.50. The molecule has 8 rings (SSSR count). The Kier molecular flexibility index (Phi) is 17.7. The van der Waals surface area contributed by atoms with Gasteiger partial charge in [-0.2, -0.15) is 0 Å². The first-order valence-corrected chi connectivity index (χ1v) is 28.8. The Labute approximate surface area is 388 Å². The van der Waals surface area contributed by atoms with Gasteiger partial charge in [0.2, 0.25) is 0 Å². The van der Waals surface area contributed by atoms with E-state index in [-0.39, 0.29) is 6.17 Å². The predicted octanol–water partition coefficient (Wildman–Crippen LogP) is 10.5. The van der Waals surface area contributed by atoms with Crippen molar-refractivity contribution in [2.75, 3.05) is 50.8 Å². The molecule has 0 saturated carbocycles. The average molecular weight is 909 g/mol. The minimum atomic E-state index is -0.547. The van der Waals surface area contributed by atoms with Crippen molar-refractivity contribution in [1.29, 1.82) is 0 Å². The topological polar surface area (TPSA) is 6.48 Å². The molecule has 0 spiro atoms. The van der Waals surface area contributed by atoms with Gasteiger partial charge < -0.3 is 0 Å². The van der Waals surface area contributed by atoms with Gasteiger partial charge in [-0.05, 0) is 106 Å². The summed E-state index contributed by atoms with van der Waals surface area (Å²) in [6.07, 6.45) is 4.67. The fraction of sp³-hybridized carbons (Fsp3) is 0.172. The van der Waals surface area contributed by atoms with E-state index in [4.69, 9.17) is 0 Å². The highest BCUT2D eigenvalue weighted by Gasteiger charge is 2.27. The van der Waals surface area contributed by atoms with E-state index in [1.54, 1.807) is 0 Å². The van der Waals surface area contributed by atoms with E-state index in [2.05, 4.69) is 259 Å². The molecule has 8 aromatic carbocycles. The highest BCUT2D eigenvalue weighted by Crippen LogP contribution is 2.38. The van der Waals surface area contributed by atoms with Gasteiger partial charge in [0.15, 0.2) is 0 Å². The summed E-state index contributed by atoms with van der Waals surface area (Å²) < 4.78 is 0. The lowest BCUT2D eigenvalue weighted by Gasteiger charge is -2.40. The van der Waals surface area contributed by atoms with E-state index in [1.807, 2.05) is 0 Å². The second-order valence-corrected chi connectivity index (χ2v) is 25.3. The van der Waals surface area contributed by atoms with E-state index in [9.17, 15) is 0 Å². The van der Waals surface area contributed by atoms with Crippen molar-refractivity contribution in [3.63, 3.8) is 0 Å². The van der Waals surface area contributed by atoms with Gasteiger partial charge in [-0.25, -0.2) is 0 Å². The third kappa shape index (κ3) is 12.8. The Morgan fingerprint density at radius 1 is 0.250 bits per heavy atom. The summed E-state index contributed by atoms with van der Waals surface area (Å²) in [7, 11) is -2.19. The van der Waals surface area contributed by atoms with Gasteiger partial charge >= 0.3 is 0 Å². The molecule has 0 saturated heterocycles. The number of rotatable bonds is 22. The van der Waals surface area contributed by atoms with Gasteiger partial charge in [0.1, 0.15) is 0 Å². The monoisotopic (exact) mass is 908 g/mol. The second kappa shape index (κ2) is 24.6. The minimum Gasteiger partial charge on any atom is -0.287 e. The van der Waals surface area contributed by atoms with Gasteiger partial charge in [0.25, 0.3) is 0 Å². The number of nitrogens with zero attached hydrogens (tertiary/aromatic N) is 2. The third-order valence-electron chi connectivity index (χ3n) is 12.0. The first kappa shape index (κ1) is 45.9. The van der Waals surface area contributed by atoms with Gasteiger partial charge in [0, 0.05) is 26.2 Å². The second-order valence-electron chi connectivity index (χ2n) is 16.0. The van der Waals surface area contributed by atoms with Crippen LogP contribution in [0, 0.1) is 0 Å². The maximum atomic E-state index is 2.88. The molecule has 0 unspecified atom stereocenters. The highest BCUT2D eigenvalue weighted by atomic mass is 31.1. The summed E-state index contributed by atoms with van der Waals surface area (Å²) in [5.41, 5.74) is 0. The van der Waals surface area contributed by atoms with E-state index in [0.29, 0.717) is 0 Å². The Morgan fingerprint density at radius 3 is 0.531 bits per heavy atom. The Morgan fingerprint density at radius 2 is 0.391 bits per heavy atom. The van der Waals surface area contributed by atoms with Crippen molar-refractivity contribution < 1.29 is 0 Å². The van der Waals surface area contributed by atoms with Crippen molar-refractivity contribution in [2.24, 2.45) is 0 Å². The molecule has 0 aromatic heterocycles. The quantitative estimate of drug-likeness (QED) is 0.0494. The first-order valence-electron chi connectivity index (χ1n) is 22.7. The summed E-state index contributed by atoms with van der Waals surface area (Å²) in [4.78, 5) is 5.76. The maximum Gasteiger partial charge on any atom is 0.0593 e. The van der Waals surface area contributed by atoms with Crippen molar-refractivity contribution in [2.45, 2.75) is 13.1 Å². The van der Waals surface area contributed by atoms with Gasteiger partial charge in [0.05, 0.1) is 6.17 Å². The van der Waals surface area contributed by atoms with Crippen LogP contribution < -0.4 is 42.4 Å². The molecule has 0 aliphatic rings. The summed E-state index contributed by atoms with van der Waals surface area (Å²) >= 11 is 0. The van der Waals surface area contributed by atoms with Gasteiger partial charge in [-0.3, -0.25) is 9.80 Å². The van der Waals surface area contributed by atoms with E-state index < -0.39 is 31.7 Å². The summed E-state index contributed by atoms with van der Waals surface area (Å²) in [5, 5.41) is 11.6. The van der Waals surface area contributed by atoms with Crippen LogP contribution in [0.3, 0.4) is 0 Å². The van der Waals surface area contributed by atoms with E-state index in [1.165, 1.54) is 42.4 Å². The fourth-order valence-electron chi connectivity index (χ4n) is 8.61. The van der Waals surface area contributed by atoms with Crippen molar-refractivity contribution in [1.82, 2.24) is 9.80 Å². The first-order chi connectivity index (χ1) is 31.7. The van der Waals surface area contributed by atoms with Gasteiger partial charge in [-0.15, -0.1) is 0 Å². The molecule has 0 bridgehead atoms. The number of hydrogen-bond acceptors (Lipinski definition) is 2. The molecule has 0 fully saturated rings. The van der Waals surface area contributed by atoms with Crippen LogP contribution in [0.1, 0.15) is 6.92 Å². The lowest BCUT2D eigenvalue weighted by atomic mass is 10.3. The van der Waals surface area contributed by atoms with E-state index >= 15 is 0 Å². The molecular weight excluding hydrogens is 849 g/mol. The zero-order valence-corrected chi connectivity index (χ0v) is 40.6. The third-order valence-corrected chi connectivity index (χ3v) is 22.0. The highest BCUT2D eigenvalue weighted by molar-refractivity contribution is 7.74. The Bertz CT molecular complexity index is 1970. The zero-order valence-electron chi connectivity index (χ0n) is 37.0. The molecule has 0 aliphatic carbocycles. The maximum absolute atomic E-state index is 2.88. The smallest absolute Gasteiger partial charge is 0.0593 e. The van der Waals surface area contributed by atoms with Crippen molar-refractivity contribution in [3.05, 3.63) is 243 Å². The molecular formula is C58H60N2P4. The van der Waals surface area contributed by atoms with Crippen LogP contribution in [-0.2, 0) is 0 Å². The zero-order chi connectivity index (χ0) is 43.6. The molecule has 64 heavy (non-hydrogen) atoms. The molecule has 0 heterocycles. The summed E-state index contributed by atoms with van der Waals surface area (Å²) in [5.74, 6) is 0. The van der Waals surface area contributed by atoms with Crippen molar-refractivity contribution in [3.8, 4) is 0 Å². The lowest BCUT2D eigenvalue weighted by molar-refractivity contribution is 0.0741. The molecule has 8 aromatic rings. The van der Waals surface area contributed by atoms with Crippen LogP contribution in [-0.4, -0.2) is 66.8 Å². The van der Waals surface area contributed by atoms with Crippen molar-refractivity contribution >= 4 is 74.1 Å².